The van der Waals surface area contributed by atoms with Gasteiger partial charge >= 0.3 is 6.61 Å². The molecule has 2 rings (SSSR count). The standard InChI is InChI=1S/C16H23F2NO2/c1-11-4-2-6-13(15(11)21-16(17)18)10-19-9-12-5-3-7-14(20)8-12/h2,4,6,12,14,16,19-20H,3,5,7-10H2,1H3. The van der Waals surface area contributed by atoms with Crippen LogP contribution in [0.4, 0.5) is 8.78 Å². The van der Waals surface area contributed by atoms with Crippen molar-refractivity contribution in [2.45, 2.75) is 51.9 Å². The van der Waals surface area contributed by atoms with Crippen molar-refractivity contribution < 1.29 is 18.6 Å². The third kappa shape index (κ3) is 4.93. The molecule has 118 valence electrons. The Bertz CT molecular complexity index is 454. The Morgan fingerprint density at radius 1 is 1.38 bits per heavy atom. The van der Waals surface area contributed by atoms with Crippen molar-refractivity contribution in [1.82, 2.24) is 5.32 Å². The van der Waals surface area contributed by atoms with Crippen molar-refractivity contribution in [3.8, 4) is 5.75 Å². The SMILES string of the molecule is Cc1cccc(CNCC2CCCC(O)C2)c1OC(F)F. The molecule has 2 N–H and O–H groups in total. The van der Waals surface area contributed by atoms with Gasteiger partial charge in [0.05, 0.1) is 6.10 Å². The van der Waals surface area contributed by atoms with Gasteiger partial charge in [-0.2, -0.15) is 8.78 Å². The third-order valence-electron chi connectivity index (χ3n) is 4.00. The van der Waals surface area contributed by atoms with Crippen LogP contribution in [0.2, 0.25) is 0 Å². The van der Waals surface area contributed by atoms with Crippen LogP contribution in [0.25, 0.3) is 0 Å². The number of aryl methyl sites for hydroxylation is 1. The molecule has 0 saturated heterocycles. The summed E-state index contributed by atoms with van der Waals surface area (Å²) in [6.07, 6.45) is 3.68. The van der Waals surface area contributed by atoms with Gasteiger partial charge in [0.2, 0.25) is 0 Å². The number of hydrogen-bond acceptors (Lipinski definition) is 3. The molecule has 0 heterocycles. The van der Waals surface area contributed by atoms with E-state index in [0.29, 0.717) is 18.0 Å². The normalized spacial score (nSPS) is 22.5. The van der Waals surface area contributed by atoms with Crippen LogP contribution in [0, 0.1) is 12.8 Å². The fraction of sp³-hybridized carbons (Fsp3) is 0.625. The summed E-state index contributed by atoms with van der Waals surface area (Å²) in [7, 11) is 0. The minimum absolute atomic E-state index is 0.192. The van der Waals surface area contributed by atoms with E-state index in [9.17, 15) is 13.9 Å². The predicted octanol–water partition coefficient (Wildman–Crippen LogP) is 3.24. The van der Waals surface area contributed by atoms with E-state index in [0.717, 1.165) is 37.8 Å². The van der Waals surface area contributed by atoms with Crippen LogP contribution in [0.15, 0.2) is 18.2 Å². The van der Waals surface area contributed by atoms with E-state index in [1.165, 1.54) is 0 Å². The predicted molar refractivity (Wildman–Crippen MR) is 77.5 cm³/mol. The number of rotatable bonds is 6. The molecule has 21 heavy (non-hydrogen) atoms. The molecule has 3 nitrogen and oxygen atoms in total. The molecule has 0 spiro atoms. The average Bonchev–Trinajstić information content (AvgIpc) is 2.42. The number of benzene rings is 1. The molecule has 0 bridgehead atoms. The van der Waals surface area contributed by atoms with Crippen molar-refractivity contribution in [1.29, 1.82) is 0 Å². The molecule has 1 aromatic carbocycles. The van der Waals surface area contributed by atoms with Crippen LogP contribution in [0.3, 0.4) is 0 Å². The lowest BCUT2D eigenvalue weighted by Gasteiger charge is -2.26. The average molecular weight is 299 g/mol. The lowest BCUT2D eigenvalue weighted by atomic mass is 9.87. The Kier molecular flexibility index (Phi) is 5.94. The zero-order chi connectivity index (χ0) is 15.2. The highest BCUT2D eigenvalue weighted by molar-refractivity contribution is 5.40. The first-order valence-electron chi connectivity index (χ1n) is 7.48. The molecule has 1 aliphatic carbocycles. The van der Waals surface area contributed by atoms with Crippen molar-refractivity contribution in [2.75, 3.05) is 6.54 Å². The van der Waals surface area contributed by atoms with Gasteiger partial charge in [0.25, 0.3) is 0 Å². The van der Waals surface area contributed by atoms with Crippen LogP contribution in [0.1, 0.15) is 36.8 Å². The zero-order valence-electron chi connectivity index (χ0n) is 12.3. The van der Waals surface area contributed by atoms with Gasteiger partial charge in [-0.3, -0.25) is 0 Å². The van der Waals surface area contributed by atoms with E-state index >= 15 is 0 Å². The maximum absolute atomic E-state index is 12.5. The second kappa shape index (κ2) is 7.71. The Balaban J connectivity index is 1.89. The van der Waals surface area contributed by atoms with Crippen molar-refractivity contribution in [3.05, 3.63) is 29.3 Å². The first-order chi connectivity index (χ1) is 10.1. The highest BCUT2D eigenvalue weighted by Gasteiger charge is 2.20. The van der Waals surface area contributed by atoms with E-state index < -0.39 is 6.61 Å². The summed E-state index contributed by atoms with van der Waals surface area (Å²) in [5, 5.41) is 12.9. The summed E-state index contributed by atoms with van der Waals surface area (Å²) < 4.78 is 29.6. The lowest BCUT2D eigenvalue weighted by Crippen LogP contribution is -2.29. The van der Waals surface area contributed by atoms with Crippen LogP contribution < -0.4 is 10.1 Å². The van der Waals surface area contributed by atoms with Gasteiger partial charge in [-0.05, 0) is 44.2 Å². The Hall–Kier alpha value is -1.20. The van der Waals surface area contributed by atoms with E-state index in [4.69, 9.17) is 0 Å². The largest absolute Gasteiger partial charge is 0.434 e. The molecular formula is C16H23F2NO2. The zero-order valence-corrected chi connectivity index (χ0v) is 12.3. The number of aliphatic hydroxyl groups is 1. The maximum atomic E-state index is 12.5. The molecule has 0 radical (unpaired) electrons. The van der Waals surface area contributed by atoms with Crippen LogP contribution >= 0.6 is 0 Å². The number of hydrogen-bond donors (Lipinski definition) is 2. The maximum Gasteiger partial charge on any atom is 0.387 e. The number of para-hydroxylation sites is 1. The molecule has 0 aromatic heterocycles. The monoisotopic (exact) mass is 299 g/mol. The number of aliphatic hydroxyl groups excluding tert-OH is 1. The first-order valence-corrected chi connectivity index (χ1v) is 7.48. The van der Waals surface area contributed by atoms with E-state index in [2.05, 4.69) is 10.1 Å². The molecule has 1 aliphatic rings. The van der Waals surface area contributed by atoms with Crippen molar-refractivity contribution >= 4 is 0 Å². The highest BCUT2D eigenvalue weighted by atomic mass is 19.3. The summed E-state index contributed by atoms with van der Waals surface area (Å²) in [6.45, 7) is 0.243. The van der Waals surface area contributed by atoms with Gasteiger partial charge in [-0.1, -0.05) is 24.6 Å². The smallest absolute Gasteiger partial charge is 0.387 e. The Labute approximate surface area is 124 Å². The quantitative estimate of drug-likeness (QED) is 0.847. The van der Waals surface area contributed by atoms with Crippen LogP contribution in [-0.2, 0) is 6.54 Å². The molecule has 0 amide bonds. The van der Waals surface area contributed by atoms with Gasteiger partial charge in [-0.25, -0.2) is 0 Å². The van der Waals surface area contributed by atoms with Gasteiger partial charge in [-0.15, -0.1) is 0 Å². The number of nitrogens with one attached hydrogen (secondary N) is 1. The number of halogens is 2. The van der Waals surface area contributed by atoms with Gasteiger partial charge in [0.15, 0.2) is 0 Å². The molecule has 2 unspecified atom stereocenters. The highest BCUT2D eigenvalue weighted by Crippen LogP contribution is 2.26. The molecule has 2 atom stereocenters. The van der Waals surface area contributed by atoms with Crippen LogP contribution in [-0.4, -0.2) is 24.4 Å². The van der Waals surface area contributed by atoms with Crippen molar-refractivity contribution in [2.24, 2.45) is 5.92 Å². The number of alkyl halides is 2. The van der Waals surface area contributed by atoms with Gasteiger partial charge < -0.3 is 15.2 Å². The molecule has 1 saturated carbocycles. The second-order valence-electron chi connectivity index (χ2n) is 5.76. The van der Waals surface area contributed by atoms with Gasteiger partial charge in [0.1, 0.15) is 5.75 Å². The van der Waals surface area contributed by atoms with Crippen LogP contribution in [0.5, 0.6) is 5.75 Å². The first kappa shape index (κ1) is 16.2. The van der Waals surface area contributed by atoms with Gasteiger partial charge in [0, 0.05) is 12.1 Å². The minimum atomic E-state index is -2.81. The summed E-state index contributed by atoms with van der Waals surface area (Å²) in [5.41, 5.74) is 1.45. The molecule has 1 aromatic rings. The Morgan fingerprint density at radius 3 is 2.90 bits per heavy atom. The third-order valence-corrected chi connectivity index (χ3v) is 4.00. The molecule has 5 heteroatoms. The number of ether oxygens (including phenoxy) is 1. The van der Waals surface area contributed by atoms with Crippen molar-refractivity contribution in [3.63, 3.8) is 0 Å². The minimum Gasteiger partial charge on any atom is -0.434 e. The fourth-order valence-corrected chi connectivity index (χ4v) is 2.97. The summed E-state index contributed by atoms with van der Waals surface area (Å²) in [4.78, 5) is 0. The molecule has 0 aliphatic heterocycles. The fourth-order valence-electron chi connectivity index (χ4n) is 2.97. The summed E-state index contributed by atoms with van der Waals surface area (Å²) in [6, 6.07) is 5.40. The topological polar surface area (TPSA) is 41.5 Å². The molecule has 1 fully saturated rings. The second-order valence-corrected chi connectivity index (χ2v) is 5.76. The van der Waals surface area contributed by atoms with E-state index in [1.54, 1.807) is 19.1 Å². The van der Waals surface area contributed by atoms with E-state index in [1.807, 2.05) is 6.07 Å². The summed E-state index contributed by atoms with van der Waals surface area (Å²) >= 11 is 0. The lowest BCUT2D eigenvalue weighted by molar-refractivity contribution is -0.0509. The Morgan fingerprint density at radius 2 is 2.19 bits per heavy atom. The van der Waals surface area contributed by atoms with E-state index in [-0.39, 0.29) is 11.9 Å². The summed E-state index contributed by atoms with van der Waals surface area (Å²) in [5.74, 6) is 0.724. The molecular weight excluding hydrogens is 276 g/mol.